The molecule has 0 saturated heterocycles. The third-order valence-corrected chi connectivity index (χ3v) is 6.18. The number of amides is 2. The van der Waals surface area contributed by atoms with Gasteiger partial charge in [-0.05, 0) is 57.0 Å². The number of hydrogen-bond donors (Lipinski definition) is 1. The lowest BCUT2D eigenvalue weighted by Gasteiger charge is -2.31. The molecule has 1 atom stereocenters. The smallest absolute Gasteiger partial charge is 0.242 e. The standard InChI is InChI=1S/C23H28BrClN2O2S/c1-16(22(29)26-23(2,3)4)27(13-17-8-7-10-19(24)12-17)21(28)15-30-14-18-9-5-6-11-20(18)25/h5-12,16H,13-15H2,1-4H3,(H,26,29)/t16-/m0/s1. The van der Waals surface area contributed by atoms with Crippen LogP contribution in [0.5, 0.6) is 0 Å². The molecule has 1 N–H and O–H groups in total. The summed E-state index contributed by atoms with van der Waals surface area (Å²) in [7, 11) is 0. The van der Waals surface area contributed by atoms with Crippen molar-refractivity contribution >= 4 is 51.1 Å². The molecule has 0 heterocycles. The number of nitrogens with zero attached hydrogens (tertiary/aromatic N) is 1. The van der Waals surface area contributed by atoms with Crippen molar-refractivity contribution in [2.45, 2.75) is 51.6 Å². The van der Waals surface area contributed by atoms with Gasteiger partial charge in [0.05, 0.1) is 5.75 Å². The van der Waals surface area contributed by atoms with Gasteiger partial charge in [0.1, 0.15) is 6.04 Å². The molecule has 7 heteroatoms. The number of halogens is 2. The van der Waals surface area contributed by atoms with Crippen LogP contribution < -0.4 is 5.32 Å². The molecule has 0 fully saturated rings. The molecule has 0 radical (unpaired) electrons. The molecule has 2 aromatic carbocycles. The van der Waals surface area contributed by atoms with Crippen LogP contribution in [0.25, 0.3) is 0 Å². The van der Waals surface area contributed by atoms with E-state index in [0.717, 1.165) is 15.6 Å². The first kappa shape index (κ1) is 24.8. The van der Waals surface area contributed by atoms with Crippen LogP contribution in [0.1, 0.15) is 38.8 Å². The summed E-state index contributed by atoms with van der Waals surface area (Å²) in [5.41, 5.74) is 1.59. The highest BCUT2D eigenvalue weighted by atomic mass is 79.9. The second-order valence-electron chi connectivity index (χ2n) is 8.15. The largest absolute Gasteiger partial charge is 0.350 e. The Bertz CT molecular complexity index is 886. The highest BCUT2D eigenvalue weighted by molar-refractivity contribution is 9.10. The Hall–Kier alpha value is -1.50. The van der Waals surface area contributed by atoms with E-state index in [0.29, 0.717) is 17.3 Å². The predicted molar refractivity (Wildman–Crippen MR) is 130 cm³/mol. The lowest BCUT2D eigenvalue weighted by molar-refractivity contribution is -0.139. The molecule has 0 aliphatic rings. The fourth-order valence-electron chi connectivity index (χ4n) is 2.84. The molecule has 0 aliphatic carbocycles. The lowest BCUT2D eigenvalue weighted by atomic mass is 10.1. The average molecular weight is 512 g/mol. The molecular weight excluding hydrogens is 484 g/mol. The summed E-state index contributed by atoms with van der Waals surface area (Å²) in [6.45, 7) is 7.92. The van der Waals surface area contributed by atoms with Gasteiger partial charge >= 0.3 is 0 Å². The third kappa shape index (κ3) is 7.97. The highest BCUT2D eigenvalue weighted by Gasteiger charge is 2.28. The maximum Gasteiger partial charge on any atom is 0.242 e. The Balaban J connectivity index is 2.11. The van der Waals surface area contributed by atoms with Gasteiger partial charge in [-0.2, -0.15) is 0 Å². The van der Waals surface area contributed by atoms with E-state index in [1.807, 2.05) is 69.3 Å². The van der Waals surface area contributed by atoms with Crippen LogP contribution >= 0.6 is 39.3 Å². The zero-order valence-corrected chi connectivity index (χ0v) is 20.9. The van der Waals surface area contributed by atoms with E-state index in [9.17, 15) is 9.59 Å². The Kier molecular flexibility index (Phi) is 9.26. The zero-order valence-electron chi connectivity index (χ0n) is 17.7. The minimum absolute atomic E-state index is 0.0800. The molecule has 0 saturated carbocycles. The van der Waals surface area contributed by atoms with E-state index in [4.69, 9.17) is 11.6 Å². The molecule has 0 aromatic heterocycles. The van der Waals surface area contributed by atoms with Crippen molar-refractivity contribution in [3.8, 4) is 0 Å². The maximum atomic E-state index is 13.1. The number of carbonyl (C=O) groups is 2. The average Bonchev–Trinajstić information content (AvgIpc) is 2.65. The van der Waals surface area contributed by atoms with Crippen LogP contribution in [0.2, 0.25) is 5.02 Å². The number of benzene rings is 2. The SMILES string of the molecule is C[C@@H](C(=O)NC(C)(C)C)N(Cc1cccc(Br)c1)C(=O)CSCc1ccccc1Cl. The first-order chi connectivity index (χ1) is 14.1. The Morgan fingerprint density at radius 2 is 1.87 bits per heavy atom. The molecular formula is C23H28BrClN2O2S. The summed E-state index contributed by atoms with van der Waals surface area (Å²) in [6, 6.07) is 14.8. The fourth-order valence-corrected chi connectivity index (χ4v) is 4.48. The Labute approximate surface area is 196 Å². The number of rotatable bonds is 8. The highest BCUT2D eigenvalue weighted by Crippen LogP contribution is 2.22. The number of nitrogens with one attached hydrogen (secondary N) is 1. The van der Waals surface area contributed by atoms with Crippen LogP contribution in [0, 0.1) is 0 Å². The minimum Gasteiger partial charge on any atom is -0.350 e. The predicted octanol–water partition coefficient (Wildman–Crippen LogP) is 5.67. The lowest BCUT2D eigenvalue weighted by Crippen LogP contribution is -2.52. The van der Waals surface area contributed by atoms with Gasteiger partial charge in [0.2, 0.25) is 11.8 Å². The summed E-state index contributed by atoms with van der Waals surface area (Å²) < 4.78 is 0.937. The third-order valence-electron chi connectivity index (χ3n) is 4.35. The molecule has 162 valence electrons. The molecule has 2 rings (SSSR count). The number of carbonyl (C=O) groups excluding carboxylic acids is 2. The van der Waals surface area contributed by atoms with E-state index in [1.165, 1.54) is 11.8 Å². The molecule has 0 aliphatic heterocycles. The molecule has 4 nitrogen and oxygen atoms in total. The van der Waals surface area contributed by atoms with E-state index in [-0.39, 0.29) is 23.1 Å². The van der Waals surface area contributed by atoms with Crippen molar-refractivity contribution in [2.75, 3.05) is 5.75 Å². The van der Waals surface area contributed by atoms with Gasteiger partial charge in [0.25, 0.3) is 0 Å². The second-order valence-corrected chi connectivity index (χ2v) is 10.5. The van der Waals surface area contributed by atoms with Crippen molar-refractivity contribution < 1.29 is 9.59 Å². The maximum absolute atomic E-state index is 13.1. The molecule has 0 unspecified atom stereocenters. The quantitative estimate of drug-likeness (QED) is 0.497. The van der Waals surface area contributed by atoms with Crippen molar-refractivity contribution in [3.63, 3.8) is 0 Å². The fraction of sp³-hybridized carbons (Fsp3) is 0.391. The van der Waals surface area contributed by atoms with Crippen LogP contribution in [-0.2, 0) is 21.9 Å². The van der Waals surface area contributed by atoms with Gasteiger partial charge in [-0.3, -0.25) is 9.59 Å². The summed E-state index contributed by atoms with van der Waals surface area (Å²) >= 11 is 11.2. The van der Waals surface area contributed by atoms with Gasteiger partial charge in [-0.15, -0.1) is 11.8 Å². The summed E-state index contributed by atoms with van der Waals surface area (Å²) in [5, 5.41) is 3.67. The van der Waals surface area contributed by atoms with Crippen LogP contribution in [0.15, 0.2) is 53.0 Å². The van der Waals surface area contributed by atoms with Crippen molar-refractivity contribution in [1.82, 2.24) is 10.2 Å². The first-order valence-corrected chi connectivity index (χ1v) is 12.1. The summed E-state index contributed by atoms with van der Waals surface area (Å²) in [4.78, 5) is 27.5. The van der Waals surface area contributed by atoms with Crippen molar-refractivity contribution in [1.29, 1.82) is 0 Å². The van der Waals surface area contributed by atoms with E-state index < -0.39 is 6.04 Å². The Morgan fingerprint density at radius 1 is 1.17 bits per heavy atom. The van der Waals surface area contributed by atoms with Gasteiger partial charge in [-0.25, -0.2) is 0 Å². The Morgan fingerprint density at radius 3 is 2.50 bits per heavy atom. The number of thioether (sulfide) groups is 1. The zero-order chi connectivity index (χ0) is 22.3. The number of hydrogen-bond acceptors (Lipinski definition) is 3. The second kappa shape index (κ2) is 11.2. The molecule has 0 spiro atoms. The van der Waals surface area contributed by atoms with Gasteiger partial charge in [-0.1, -0.05) is 57.9 Å². The normalized spacial score (nSPS) is 12.3. The summed E-state index contributed by atoms with van der Waals surface area (Å²) in [5.74, 6) is 0.663. The first-order valence-electron chi connectivity index (χ1n) is 9.74. The van der Waals surface area contributed by atoms with Gasteiger partial charge < -0.3 is 10.2 Å². The van der Waals surface area contributed by atoms with Crippen LogP contribution in [-0.4, -0.2) is 34.0 Å². The van der Waals surface area contributed by atoms with Crippen LogP contribution in [0.4, 0.5) is 0 Å². The van der Waals surface area contributed by atoms with Crippen LogP contribution in [0.3, 0.4) is 0 Å². The van der Waals surface area contributed by atoms with Gasteiger partial charge in [0, 0.05) is 27.3 Å². The van der Waals surface area contributed by atoms with Gasteiger partial charge in [0.15, 0.2) is 0 Å². The molecule has 0 bridgehead atoms. The summed E-state index contributed by atoms with van der Waals surface area (Å²) in [6.07, 6.45) is 0. The van der Waals surface area contributed by atoms with E-state index >= 15 is 0 Å². The van der Waals surface area contributed by atoms with E-state index in [1.54, 1.807) is 11.8 Å². The minimum atomic E-state index is -0.586. The van der Waals surface area contributed by atoms with Crippen molar-refractivity contribution in [2.24, 2.45) is 0 Å². The van der Waals surface area contributed by atoms with Crippen molar-refractivity contribution in [3.05, 3.63) is 69.2 Å². The monoisotopic (exact) mass is 510 g/mol. The molecule has 2 aromatic rings. The topological polar surface area (TPSA) is 49.4 Å². The molecule has 2 amide bonds. The molecule has 30 heavy (non-hydrogen) atoms. The van der Waals surface area contributed by atoms with E-state index in [2.05, 4.69) is 21.2 Å².